The van der Waals surface area contributed by atoms with Crippen LogP contribution >= 0.6 is 63.9 Å². The lowest BCUT2D eigenvalue weighted by molar-refractivity contribution is 0.261. The maximum absolute atomic E-state index is 6.11. The highest BCUT2D eigenvalue weighted by molar-refractivity contribution is 9.10. The van der Waals surface area contributed by atoms with Crippen molar-refractivity contribution in [3.63, 3.8) is 0 Å². The van der Waals surface area contributed by atoms with Gasteiger partial charge in [-0.3, -0.25) is 0 Å². The van der Waals surface area contributed by atoms with Crippen LogP contribution < -0.4 is 14.8 Å². The molecule has 0 atom stereocenters. The zero-order chi connectivity index (χ0) is 24.1. The smallest absolute Gasteiger partial charge is 0.175 e. The van der Waals surface area contributed by atoms with Crippen molar-refractivity contribution in [1.29, 1.82) is 0 Å². The van der Waals surface area contributed by atoms with Crippen LogP contribution in [0.1, 0.15) is 57.1 Å². The van der Waals surface area contributed by atoms with Gasteiger partial charge in [0.15, 0.2) is 11.5 Å². The van der Waals surface area contributed by atoms with Crippen LogP contribution in [0.5, 0.6) is 11.5 Å². The molecule has 2 aromatic carbocycles. The van der Waals surface area contributed by atoms with Crippen LogP contribution in [-0.4, -0.2) is 38.2 Å². The molecule has 0 aliphatic rings. The maximum atomic E-state index is 6.11. The largest absolute Gasteiger partial charge is 0.493 e. The molecule has 2 aromatic rings. The van der Waals surface area contributed by atoms with Crippen LogP contribution in [0, 0.1) is 0 Å². The molecular formula is C26H39BrCl4N2O2. The van der Waals surface area contributed by atoms with E-state index >= 15 is 0 Å². The average Bonchev–Trinajstić information content (AvgIpc) is 2.81. The van der Waals surface area contributed by atoms with Crippen LogP contribution in [0.4, 0.5) is 0 Å². The molecule has 200 valence electrons. The third-order valence-corrected chi connectivity index (χ3v) is 6.80. The first-order valence-electron chi connectivity index (χ1n) is 11.8. The molecule has 0 bridgehead atoms. The Bertz CT molecular complexity index is 850. The van der Waals surface area contributed by atoms with Gasteiger partial charge in [0.1, 0.15) is 6.61 Å². The van der Waals surface area contributed by atoms with Gasteiger partial charge in [0, 0.05) is 6.54 Å². The summed E-state index contributed by atoms with van der Waals surface area (Å²) in [6.07, 6.45) is 6.22. The molecule has 0 radical (unpaired) electrons. The van der Waals surface area contributed by atoms with Crippen molar-refractivity contribution in [1.82, 2.24) is 10.2 Å². The lowest BCUT2D eigenvalue weighted by Crippen LogP contribution is -2.29. The Morgan fingerprint density at radius 2 is 1.54 bits per heavy atom. The van der Waals surface area contributed by atoms with E-state index < -0.39 is 0 Å². The number of ether oxygens (including phenoxy) is 2. The highest BCUT2D eigenvalue weighted by Crippen LogP contribution is 2.37. The second kappa shape index (κ2) is 19.7. The standard InChI is InChI=1S/C26H37BrCl2N2O2.2ClH/c1-4-6-12-31(13-7-5-2)14-8-11-30-18-21-15-22(27)26(25(17-21)32-3)33-19-20-9-10-23(28)24(29)16-20;;/h9-10,15-17,30H,4-8,11-14,18-19H2,1-3H3;2*1H. The second-order valence-electron chi connectivity index (χ2n) is 8.23. The monoisotopic (exact) mass is 630 g/mol. The van der Waals surface area contributed by atoms with E-state index in [0.717, 1.165) is 41.7 Å². The van der Waals surface area contributed by atoms with Gasteiger partial charge in [0.2, 0.25) is 0 Å². The fourth-order valence-electron chi connectivity index (χ4n) is 3.56. The van der Waals surface area contributed by atoms with Crippen LogP contribution in [-0.2, 0) is 13.2 Å². The van der Waals surface area contributed by atoms with Gasteiger partial charge in [0.25, 0.3) is 0 Å². The summed E-state index contributed by atoms with van der Waals surface area (Å²) in [6, 6.07) is 9.59. The van der Waals surface area contributed by atoms with E-state index in [4.69, 9.17) is 32.7 Å². The zero-order valence-corrected chi connectivity index (χ0v) is 25.6. The summed E-state index contributed by atoms with van der Waals surface area (Å²) in [7, 11) is 1.66. The number of nitrogens with one attached hydrogen (secondary N) is 1. The number of unbranched alkanes of at least 4 members (excludes halogenated alkanes) is 2. The number of rotatable bonds is 16. The highest BCUT2D eigenvalue weighted by Gasteiger charge is 2.13. The van der Waals surface area contributed by atoms with Crippen molar-refractivity contribution in [2.45, 2.75) is 59.1 Å². The number of halogens is 5. The molecule has 0 aromatic heterocycles. The molecular weight excluding hydrogens is 594 g/mol. The van der Waals surface area contributed by atoms with Gasteiger partial charge in [-0.1, -0.05) is 56.0 Å². The maximum Gasteiger partial charge on any atom is 0.175 e. The first-order valence-corrected chi connectivity index (χ1v) is 13.4. The fraction of sp³-hybridized carbons (Fsp3) is 0.538. The Labute approximate surface area is 242 Å². The number of methoxy groups -OCH3 is 1. The van der Waals surface area contributed by atoms with Gasteiger partial charge < -0.3 is 19.7 Å². The molecule has 0 spiro atoms. The quantitative estimate of drug-likeness (QED) is 0.188. The van der Waals surface area contributed by atoms with Crippen molar-refractivity contribution in [3.8, 4) is 11.5 Å². The van der Waals surface area contributed by atoms with E-state index in [1.807, 2.05) is 18.2 Å². The molecule has 0 fully saturated rings. The van der Waals surface area contributed by atoms with Crippen LogP contribution in [0.3, 0.4) is 0 Å². The molecule has 0 unspecified atom stereocenters. The minimum Gasteiger partial charge on any atom is -0.493 e. The van der Waals surface area contributed by atoms with Crippen molar-refractivity contribution in [2.24, 2.45) is 0 Å². The van der Waals surface area contributed by atoms with Crippen molar-refractivity contribution in [3.05, 3.63) is 56.0 Å². The molecule has 4 nitrogen and oxygen atoms in total. The van der Waals surface area contributed by atoms with Gasteiger partial charge in [-0.05, 0) is 96.8 Å². The minimum atomic E-state index is 0. The van der Waals surface area contributed by atoms with Crippen LogP contribution in [0.2, 0.25) is 10.0 Å². The van der Waals surface area contributed by atoms with Crippen molar-refractivity contribution in [2.75, 3.05) is 33.3 Å². The highest BCUT2D eigenvalue weighted by atomic mass is 79.9. The normalized spacial score (nSPS) is 10.6. The van der Waals surface area contributed by atoms with Gasteiger partial charge in [-0.25, -0.2) is 0 Å². The average molecular weight is 633 g/mol. The summed E-state index contributed by atoms with van der Waals surface area (Å²) in [6.45, 7) is 10.2. The molecule has 0 amide bonds. The zero-order valence-electron chi connectivity index (χ0n) is 20.9. The molecule has 9 heteroatoms. The van der Waals surface area contributed by atoms with Crippen LogP contribution in [0.25, 0.3) is 0 Å². The van der Waals surface area contributed by atoms with E-state index in [0.29, 0.717) is 28.2 Å². The molecule has 0 aliphatic heterocycles. The summed E-state index contributed by atoms with van der Waals surface area (Å²) in [5, 5.41) is 4.62. The van der Waals surface area contributed by atoms with E-state index in [-0.39, 0.29) is 24.8 Å². The number of benzene rings is 2. The Morgan fingerprint density at radius 1 is 0.886 bits per heavy atom. The van der Waals surface area contributed by atoms with E-state index in [9.17, 15) is 0 Å². The summed E-state index contributed by atoms with van der Waals surface area (Å²) in [5.74, 6) is 1.38. The summed E-state index contributed by atoms with van der Waals surface area (Å²) in [5.41, 5.74) is 2.09. The SMILES string of the molecule is CCCCN(CCCC)CCCNCc1cc(Br)c(OCc2ccc(Cl)c(Cl)c2)c(OC)c1.Cl.Cl. The van der Waals surface area contributed by atoms with Crippen molar-refractivity contribution < 1.29 is 9.47 Å². The summed E-state index contributed by atoms with van der Waals surface area (Å²) < 4.78 is 12.5. The number of hydrogen-bond acceptors (Lipinski definition) is 4. The lowest BCUT2D eigenvalue weighted by Gasteiger charge is -2.22. The third kappa shape index (κ3) is 12.6. The predicted octanol–water partition coefficient (Wildman–Crippen LogP) is 8.57. The fourth-order valence-corrected chi connectivity index (χ4v) is 4.48. The first-order chi connectivity index (χ1) is 16.0. The Balaban J connectivity index is 0.00000578. The Kier molecular flexibility index (Phi) is 19.5. The topological polar surface area (TPSA) is 33.7 Å². The number of hydrogen-bond donors (Lipinski definition) is 1. The second-order valence-corrected chi connectivity index (χ2v) is 9.89. The Morgan fingerprint density at radius 3 is 2.14 bits per heavy atom. The third-order valence-electron chi connectivity index (χ3n) is 5.47. The lowest BCUT2D eigenvalue weighted by atomic mass is 10.2. The molecule has 0 aliphatic carbocycles. The van der Waals surface area contributed by atoms with Crippen LogP contribution in [0.15, 0.2) is 34.8 Å². The van der Waals surface area contributed by atoms with Gasteiger partial charge in [-0.15, -0.1) is 24.8 Å². The first kappa shape index (κ1) is 34.6. The molecule has 35 heavy (non-hydrogen) atoms. The molecule has 1 N–H and O–H groups in total. The van der Waals surface area contributed by atoms with Gasteiger partial charge >= 0.3 is 0 Å². The van der Waals surface area contributed by atoms with E-state index in [2.05, 4.69) is 46.1 Å². The van der Waals surface area contributed by atoms with E-state index in [1.165, 1.54) is 38.8 Å². The van der Waals surface area contributed by atoms with Gasteiger partial charge in [0.05, 0.1) is 21.6 Å². The summed E-state index contributed by atoms with van der Waals surface area (Å²) >= 11 is 15.7. The molecule has 0 saturated carbocycles. The van der Waals surface area contributed by atoms with Gasteiger partial charge in [-0.2, -0.15) is 0 Å². The van der Waals surface area contributed by atoms with Crippen molar-refractivity contribution >= 4 is 63.9 Å². The van der Waals surface area contributed by atoms with E-state index in [1.54, 1.807) is 13.2 Å². The predicted molar refractivity (Wildman–Crippen MR) is 159 cm³/mol. The summed E-state index contributed by atoms with van der Waals surface area (Å²) in [4.78, 5) is 2.61. The molecule has 0 saturated heterocycles. The number of nitrogens with zero attached hydrogens (tertiary/aromatic N) is 1. The molecule has 0 heterocycles. The molecule has 2 rings (SSSR count). The Hall–Kier alpha value is -0.400. The minimum absolute atomic E-state index is 0.